The number of nitrogens with zero attached hydrogens (tertiary/aromatic N) is 2. The van der Waals surface area contributed by atoms with Gasteiger partial charge in [-0.1, -0.05) is 0 Å². The van der Waals surface area contributed by atoms with Crippen LogP contribution in [0.5, 0.6) is 0 Å². The first-order valence-electron chi connectivity index (χ1n) is 4.08. The lowest BCUT2D eigenvalue weighted by Gasteiger charge is -2.05. The van der Waals surface area contributed by atoms with E-state index in [0.717, 1.165) is 12.1 Å². The van der Waals surface area contributed by atoms with Crippen molar-refractivity contribution in [2.45, 2.75) is 19.9 Å². The average Bonchev–Trinajstić information content (AvgIpc) is 2.13. The molecule has 0 amide bonds. The molecule has 0 fully saturated rings. The van der Waals surface area contributed by atoms with Gasteiger partial charge in [0.15, 0.2) is 0 Å². The van der Waals surface area contributed by atoms with Gasteiger partial charge in [-0.15, -0.1) is 0 Å². The van der Waals surface area contributed by atoms with Gasteiger partial charge in [0.25, 0.3) is 5.56 Å². The predicted octanol–water partition coefficient (Wildman–Crippen LogP) is 0.505. The van der Waals surface area contributed by atoms with Crippen LogP contribution >= 0.6 is 22.6 Å². The maximum absolute atomic E-state index is 11.6. The largest absolute Gasteiger partial charge is 0.330 e. The third kappa shape index (κ3) is 2.50. The molecule has 0 saturated carbocycles. The van der Waals surface area contributed by atoms with Gasteiger partial charge in [0.1, 0.15) is 0 Å². The van der Waals surface area contributed by atoms with Crippen molar-refractivity contribution in [1.29, 1.82) is 0 Å². The van der Waals surface area contributed by atoms with Crippen LogP contribution in [0, 0.1) is 10.5 Å². The van der Waals surface area contributed by atoms with E-state index in [9.17, 15) is 4.79 Å². The van der Waals surface area contributed by atoms with E-state index in [1.807, 2.05) is 29.5 Å². The molecule has 1 aromatic rings. The van der Waals surface area contributed by atoms with Crippen molar-refractivity contribution in [3.05, 3.63) is 25.9 Å². The minimum Gasteiger partial charge on any atom is -0.330 e. The second kappa shape index (κ2) is 4.71. The van der Waals surface area contributed by atoms with E-state index in [0.29, 0.717) is 16.7 Å². The molecule has 0 atom stereocenters. The van der Waals surface area contributed by atoms with Crippen LogP contribution in [0.25, 0.3) is 0 Å². The Morgan fingerprint density at radius 1 is 1.69 bits per heavy atom. The summed E-state index contributed by atoms with van der Waals surface area (Å²) in [6.45, 7) is 3.08. The summed E-state index contributed by atoms with van der Waals surface area (Å²) in [6.07, 6.45) is 2.39. The van der Waals surface area contributed by atoms with Gasteiger partial charge in [-0.25, -0.2) is 4.98 Å². The van der Waals surface area contributed by atoms with Crippen molar-refractivity contribution in [2.24, 2.45) is 5.73 Å². The third-order valence-electron chi connectivity index (χ3n) is 1.76. The van der Waals surface area contributed by atoms with Crippen LogP contribution in [0.1, 0.15) is 12.1 Å². The van der Waals surface area contributed by atoms with Crippen molar-refractivity contribution in [3.8, 4) is 0 Å². The molecule has 0 spiro atoms. The van der Waals surface area contributed by atoms with E-state index in [2.05, 4.69) is 4.98 Å². The molecular formula is C8H12IN3O. The summed E-state index contributed by atoms with van der Waals surface area (Å²) in [5.41, 5.74) is 6.17. The summed E-state index contributed by atoms with van der Waals surface area (Å²) in [7, 11) is 0. The minimum absolute atomic E-state index is 0.0292. The first-order chi connectivity index (χ1) is 6.16. The number of hydrogen-bond donors (Lipinski definition) is 1. The number of hydrogen-bond acceptors (Lipinski definition) is 3. The summed E-state index contributed by atoms with van der Waals surface area (Å²) >= 11 is 2.02. The molecule has 0 aliphatic heterocycles. The van der Waals surface area contributed by atoms with E-state index in [1.165, 1.54) is 0 Å². The van der Waals surface area contributed by atoms with Crippen LogP contribution in [0.15, 0.2) is 11.1 Å². The summed E-state index contributed by atoms with van der Waals surface area (Å²) in [6, 6.07) is 0. The van der Waals surface area contributed by atoms with Crippen LogP contribution in [-0.2, 0) is 6.54 Å². The van der Waals surface area contributed by atoms with Gasteiger partial charge >= 0.3 is 0 Å². The fourth-order valence-corrected chi connectivity index (χ4v) is 1.42. The monoisotopic (exact) mass is 293 g/mol. The van der Waals surface area contributed by atoms with Gasteiger partial charge in [0.2, 0.25) is 0 Å². The Hall–Kier alpha value is -0.430. The molecule has 5 heteroatoms. The highest BCUT2D eigenvalue weighted by Gasteiger charge is 2.03. The lowest BCUT2D eigenvalue weighted by Crippen LogP contribution is -2.25. The van der Waals surface area contributed by atoms with Crippen molar-refractivity contribution in [3.63, 3.8) is 0 Å². The highest BCUT2D eigenvalue weighted by Crippen LogP contribution is 2.01. The van der Waals surface area contributed by atoms with Gasteiger partial charge in [-0.3, -0.25) is 9.36 Å². The molecule has 1 aromatic heterocycles. The molecule has 72 valence electrons. The molecule has 1 heterocycles. The SMILES string of the molecule is Cc1ncn(CCCN)c(=O)c1I. The van der Waals surface area contributed by atoms with Crippen LogP contribution in [0.2, 0.25) is 0 Å². The number of aromatic nitrogens is 2. The highest BCUT2D eigenvalue weighted by molar-refractivity contribution is 14.1. The Kier molecular flexibility index (Phi) is 3.86. The lowest BCUT2D eigenvalue weighted by molar-refractivity contribution is 0.613. The smallest absolute Gasteiger partial charge is 0.266 e. The molecular weight excluding hydrogens is 281 g/mol. The number of aryl methyl sites for hydroxylation is 2. The zero-order valence-electron chi connectivity index (χ0n) is 7.46. The highest BCUT2D eigenvalue weighted by atomic mass is 127. The van der Waals surface area contributed by atoms with E-state index in [-0.39, 0.29) is 5.56 Å². The third-order valence-corrected chi connectivity index (χ3v) is 3.00. The molecule has 0 saturated heterocycles. The minimum atomic E-state index is 0.0292. The first kappa shape index (κ1) is 10.6. The molecule has 0 bridgehead atoms. The fourth-order valence-electron chi connectivity index (χ4n) is 0.967. The molecule has 0 aliphatic rings. The Morgan fingerprint density at radius 3 is 3.00 bits per heavy atom. The van der Waals surface area contributed by atoms with Crippen LogP contribution < -0.4 is 11.3 Å². The predicted molar refractivity (Wildman–Crippen MR) is 59.6 cm³/mol. The van der Waals surface area contributed by atoms with Gasteiger partial charge < -0.3 is 5.73 Å². The zero-order chi connectivity index (χ0) is 9.84. The first-order valence-corrected chi connectivity index (χ1v) is 5.16. The quantitative estimate of drug-likeness (QED) is 0.826. The van der Waals surface area contributed by atoms with Gasteiger partial charge in [-0.2, -0.15) is 0 Å². The van der Waals surface area contributed by atoms with Crippen molar-refractivity contribution in [1.82, 2.24) is 9.55 Å². The maximum atomic E-state index is 11.6. The number of halogens is 1. The van der Waals surface area contributed by atoms with Crippen LogP contribution in [0.3, 0.4) is 0 Å². The Morgan fingerprint density at radius 2 is 2.38 bits per heavy atom. The summed E-state index contributed by atoms with van der Waals surface area (Å²) in [5, 5.41) is 0. The lowest BCUT2D eigenvalue weighted by atomic mass is 10.4. The number of nitrogens with two attached hydrogens (primary N) is 1. The topological polar surface area (TPSA) is 60.9 Å². The molecule has 0 unspecified atom stereocenters. The Bertz CT molecular complexity index is 348. The zero-order valence-corrected chi connectivity index (χ0v) is 9.61. The second-order valence-electron chi connectivity index (χ2n) is 2.78. The second-order valence-corrected chi connectivity index (χ2v) is 3.86. The maximum Gasteiger partial charge on any atom is 0.266 e. The van der Waals surface area contributed by atoms with Crippen molar-refractivity contribution < 1.29 is 0 Å². The molecule has 2 N–H and O–H groups in total. The standard InChI is InChI=1S/C8H12IN3O/c1-6-7(9)8(13)12(5-11-6)4-2-3-10/h5H,2-4,10H2,1H3. The normalized spacial score (nSPS) is 10.4. The average molecular weight is 293 g/mol. The summed E-state index contributed by atoms with van der Waals surface area (Å²) < 4.78 is 2.29. The van der Waals surface area contributed by atoms with E-state index < -0.39 is 0 Å². The van der Waals surface area contributed by atoms with Gasteiger partial charge in [0.05, 0.1) is 15.6 Å². The summed E-state index contributed by atoms with van der Waals surface area (Å²) in [4.78, 5) is 15.7. The molecule has 1 rings (SSSR count). The van der Waals surface area contributed by atoms with Crippen LogP contribution in [0.4, 0.5) is 0 Å². The molecule has 4 nitrogen and oxygen atoms in total. The molecule has 0 radical (unpaired) electrons. The van der Waals surface area contributed by atoms with Crippen molar-refractivity contribution >= 4 is 22.6 Å². The van der Waals surface area contributed by atoms with E-state index >= 15 is 0 Å². The van der Waals surface area contributed by atoms with Crippen molar-refractivity contribution in [2.75, 3.05) is 6.54 Å². The van der Waals surface area contributed by atoms with Gasteiger partial charge in [-0.05, 0) is 42.5 Å². The van der Waals surface area contributed by atoms with E-state index in [1.54, 1.807) is 10.9 Å². The Labute approximate surface area is 90.3 Å². The fraction of sp³-hybridized carbons (Fsp3) is 0.500. The summed E-state index contributed by atoms with van der Waals surface area (Å²) in [5.74, 6) is 0. The van der Waals surface area contributed by atoms with Gasteiger partial charge in [0, 0.05) is 6.54 Å². The van der Waals surface area contributed by atoms with E-state index in [4.69, 9.17) is 5.73 Å². The molecule has 0 aromatic carbocycles. The number of rotatable bonds is 3. The van der Waals surface area contributed by atoms with Crippen LogP contribution in [-0.4, -0.2) is 16.1 Å². The molecule has 0 aliphatic carbocycles. The Balaban J connectivity index is 2.97. The molecule has 13 heavy (non-hydrogen) atoms.